The van der Waals surface area contributed by atoms with Crippen LogP contribution in [0.2, 0.25) is 0 Å². The Morgan fingerprint density at radius 2 is 1.76 bits per heavy atom. The summed E-state index contributed by atoms with van der Waals surface area (Å²) < 4.78 is 12.8. The van der Waals surface area contributed by atoms with Gasteiger partial charge in [-0.05, 0) is 29.8 Å². The van der Waals surface area contributed by atoms with Crippen LogP contribution in [-0.4, -0.2) is 58.6 Å². The summed E-state index contributed by atoms with van der Waals surface area (Å²) in [6, 6.07) is 15.0. The fraction of sp³-hybridized carbons (Fsp3) is 0.200. The van der Waals surface area contributed by atoms with E-state index in [1.807, 2.05) is 34.9 Å². The van der Waals surface area contributed by atoms with Crippen LogP contribution in [0.4, 0.5) is 0 Å². The van der Waals surface area contributed by atoms with Gasteiger partial charge >= 0.3 is 0 Å². The fourth-order valence-electron chi connectivity index (χ4n) is 3.94. The number of hydrogen-bond donors (Lipinski definition) is 0. The fourth-order valence-corrected chi connectivity index (χ4v) is 3.94. The standard InChI is InChI=1S/C25H21N5O3/c1-32-23-12-19(6-7-21(23)24(31)29-8-10-33-11-9-29)20-14-27-25-28-15-22(30(25)16-20)18-4-2-17(13-26)3-5-18/h2-7,12,14-16H,8-11H2,1H3. The number of aromatic nitrogens is 3. The summed E-state index contributed by atoms with van der Waals surface area (Å²) in [5.41, 5.74) is 4.67. The van der Waals surface area contributed by atoms with Gasteiger partial charge in [-0.15, -0.1) is 0 Å². The number of ether oxygens (including phenoxy) is 2. The molecule has 2 aromatic heterocycles. The van der Waals surface area contributed by atoms with Crippen LogP contribution in [0, 0.1) is 11.3 Å². The Hall–Kier alpha value is -4.22. The molecule has 8 heteroatoms. The monoisotopic (exact) mass is 439 g/mol. The molecule has 33 heavy (non-hydrogen) atoms. The van der Waals surface area contributed by atoms with Crippen molar-refractivity contribution in [1.82, 2.24) is 19.3 Å². The number of nitrogens with zero attached hydrogens (tertiary/aromatic N) is 5. The van der Waals surface area contributed by atoms with Crippen molar-refractivity contribution >= 4 is 11.7 Å². The Kier molecular flexibility index (Phi) is 5.47. The molecule has 4 aromatic rings. The minimum atomic E-state index is -0.0620. The van der Waals surface area contributed by atoms with Crippen LogP contribution in [0.5, 0.6) is 5.75 Å². The van der Waals surface area contributed by atoms with E-state index in [9.17, 15) is 4.79 Å². The highest BCUT2D eigenvalue weighted by atomic mass is 16.5. The highest BCUT2D eigenvalue weighted by molar-refractivity contribution is 5.97. The van der Waals surface area contributed by atoms with Gasteiger partial charge in [0.15, 0.2) is 0 Å². The molecule has 1 fully saturated rings. The van der Waals surface area contributed by atoms with Gasteiger partial charge in [-0.25, -0.2) is 9.97 Å². The van der Waals surface area contributed by atoms with Gasteiger partial charge in [-0.3, -0.25) is 9.20 Å². The summed E-state index contributed by atoms with van der Waals surface area (Å²) in [5.74, 6) is 1.03. The minimum Gasteiger partial charge on any atom is -0.496 e. The van der Waals surface area contributed by atoms with Crippen molar-refractivity contribution in [2.45, 2.75) is 0 Å². The third kappa shape index (κ3) is 3.90. The van der Waals surface area contributed by atoms with Crippen molar-refractivity contribution in [3.63, 3.8) is 0 Å². The molecule has 0 unspecified atom stereocenters. The van der Waals surface area contributed by atoms with Crippen LogP contribution in [0.3, 0.4) is 0 Å². The average Bonchev–Trinajstić information content (AvgIpc) is 3.31. The molecule has 1 aliphatic heterocycles. The maximum atomic E-state index is 13.0. The molecule has 8 nitrogen and oxygen atoms in total. The first-order valence-electron chi connectivity index (χ1n) is 10.6. The molecule has 1 aliphatic rings. The molecule has 164 valence electrons. The van der Waals surface area contributed by atoms with Gasteiger partial charge in [0.2, 0.25) is 5.78 Å². The second-order valence-corrected chi connectivity index (χ2v) is 7.66. The predicted molar refractivity (Wildman–Crippen MR) is 122 cm³/mol. The molecule has 0 radical (unpaired) electrons. The molecule has 0 aliphatic carbocycles. The van der Waals surface area contributed by atoms with Gasteiger partial charge in [0.25, 0.3) is 5.91 Å². The van der Waals surface area contributed by atoms with Gasteiger partial charge < -0.3 is 14.4 Å². The average molecular weight is 439 g/mol. The molecule has 0 saturated carbocycles. The zero-order chi connectivity index (χ0) is 22.8. The van der Waals surface area contributed by atoms with Crippen LogP contribution in [-0.2, 0) is 4.74 Å². The molecular weight excluding hydrogens is 418 g/mol. The molecule has 1 amide bonds. The van der Waals surface area contributed by atoms with Crippen LogP contribution >= 0.6 is 0 Å². The van der Waals surface area contributed by atoms with E-state index in [-0.39, 0.29) is 5.91 Å². The quantitative estimate of drug-likeness (QED) is 0.484. The van der Waals surface area contributed by atoms with Gasteiger partial charge in [0.1, 0.15) is 5.75 Å². The number of hydrogen-bond acceptors (Lipinski definition) is 6. The second kappa shape index (κ2) is 8.73. The number of fused-ring (bicyclic) bond motifs is 1. The molecule has 5 rings (SSSR count). The number of imidazole rings is 1. The summed E-state index contributed by atoms with van der Waals surface area (Å²) in [5, 5.41) is 9.05. The normalized spacial score (nSPS) is 13.6. The number of carbonyl (C=O) groups is 1. The lowest BCUT2D eigenvalue weighted by molar-refractivity contribution is 0.0301. The molecule has 2 aromatic carbocycles. The van der Waals surface area contributed by atoms with Gasteiger partial charge in [0.05, 0.1) is 49.4 Å². The van der Waals surface area contributed by atoms with Crippen LogP contribution in [0.1, 0.15) is 15.9 Å². The number of rotatable bonds is 4. The first-order chi connectivity index (χ1) is 16.2. The number of amides is 1. The van der Waals surface area contributed by atoms with Crippen molar-refractivity contribution in [2.75, 3.05) is 33.4 Å². The van der Waals surface area contributed by atoms with Crippen molar-refractivity contribution in [3.8, 4) is 34.2 Å². The van der Waals surface area contributed by atoms with Crippen LogP contribution < -0.4 is 4.74 Å². The van der Waals surface area contributed by atoms with Crippen molar-refractivity contribution < 1.29 is 14.3 Å². The lowest BCUT2D eigenvalue weighted by atomic mass is 10.0. The lowest BCUT2D eigenvalue weighted by Gasteiger charge is -2.27. The van der Waals surface area contributed by atoms with E-state index >= 15 is 0 Å². The topological polar surface area (TPSA) is 92.8 Å². The van der Waals surface area contributed by atoms with E-state index in [1.165, 1.54) is 0 Å². The summed E-state index contributed by atoms with van der Waals surface area (Å²) in [7, 11) is 1.57. The summed E-state index contributed by atoms with van der Waals surface area (Å²) in [6.45, 7) is 2.24. The van der Waals surface area contributed by atoms with Crippen molar-refractivity contribution in [3.05, 3.63) is 72.2 Å². The second-order valence-electron chi connectivity index (χ2n) is 7.66. The number of morpholine rings is 1. The minimum absolute atomic E-state index is 0.0620. The lowest BCUT2D eigenvalue weighted by Crippen LogP contribution is -2.40. The number of nitriles is 1. The maximum Gasteiger partial charge on any atom is 0.257 e. The largest absolute Gasteiger partial charge is 0.496 e. The molecule has 0 atom stereocenters. The van der Waals surface area contributed by atoms with Gasteiger partial charge in [-0.2, -0.15) is 5.26 Å². The van der Waals surface area contributed by atoms with E-state index in [4.69, 9.17) is 14.7 Å². The molecule has 0 spiro atoms. The van der Waals surface area contributed by atoms with Gasteiger partial charge in [0, 0.05) is 36.6 Å². The van der Waals surface area contributed by atoms with E-state index in [2.05, 4.69) is 16.0 Å². The summed E-state index contributed by atoms with van der Waals surface area (Å²) in [4.78, 5) is 23.6. The number of methoxy groups -OCH3 is 1. The van der Waals surface area contributed by atoms with E-state index in [0.717, 1.165) is 22.4 Å². The third-order valence-corrected chi connectivity index (χ3v) is 5.74. The van der Waals surface area contributed by atoms with Crippen molar-refractivity contribution in [2.24, 2.45) is 0 Å². The van der Waals surface area contributed by atoms with Gasteiger partial charge in [-0.1, -0.05) is 18.2 Å². The Morgan fingerprint density at radius 3 is 2.48 bits per heavy atom. The Morgan fingerprint density at radius 1 is 1.03 bits per heavy atom. The van der Waals surface area contributed by atoms with E-state index in [0.29, 0.717) is 49.0 Å². The Bertz CT molecular complexity index is 1370. The maximum absolute atomic E-state index is 13.0. The molecule has 0 bridgehead atoms. The number of benzene rings is 2. The van der Waals surface area contributed by atoms with Crippen molar-refractivity contribution in [1.29, 1.82) is 5.26 Å². The Labute approximate surface area is 190 Å². The SMILES string of the molecule is COc1cc(-c2cnc3ncc(-c4ccc(C#N)cc4)n3c2)ccc1C(=O)N1CCOCC1. The predicted octanol–water partition coefficient (Wildman–Crippen LogP) is 3.42. The molecule has 3 heterocycles. The molecule has 1 saturated heterocycles. The molecular formula is C25H21N5O3. The zero-order valence-corrected chi connectivity index (χ0v) is 18.1. The third-order valence-electron chi connectivity index (χ3n) is 5.74. The number of carbonyl (C=O) groups excluding carboxylic acids is 1. The highest BCUT2D eigenvalue weighted by Crippen LogP contribution is 2.29. The van der Waals surface area contributed by atoms with E-state index in [1.54, 1.807) is 42.6 Å². The summed E-state index contributed by atoms with van der Waals surface area (Å²) >= 11 is 0. The van der Waals surface area contributed by atoms with Crippen LogP contribution in [0.25, 0.3) is 28.2 Å². The first kappa shape index (κ1) is 20.7. The van der Waals surface area contributed by atoms with E-state index < -0.39 is 0 Å². The summed E-state index contributed by atoms with van der Waals surface area (Å²) in [6.07, 6.45) is 5.47. The zero-order valence-electron chi connectivity index (χ0n) is 18.1. The Balaban J connectivity index is 1.51. The first-order valence-corrected chi connectivity index (χ1v) is 10.6. The van der Waals surface area contributed by atoms with Crippen LogP contribution in [0.15, 0.2) is 61.1 Å². The highest BCUT2D eigenvalue weighted by Gasteiger charge is 2.22. The smallest absolute Gasteiger partial charge is 0.257 e. The molecule has 0 N–H and O–H groups in total.